The van der Waals surface area contributed by atoms with E-state index in [2.05, 4.69) is 20.8 Å². The van der Waals surface area contributed by atoms with Crippen LogP contribution in [-0.2, 0) is 4.79 Å². The van der Waals surface area contributed by atoms with Crippen LogP contribution < -0.4 is 21.1 Å². The number of H-pyrrole nitrogens is 2. The van der Waals surface area contributed by atoms with Crippen molar-refractivity contribution in [1.82, 2.24) is 20.8 Å². The van der Waals surface area contributed by atoms with Crippen molar-refractivity contribution >= 4 is 23.3 Å². The van der Waals surface area contributed by atoms with Crippen LogP contribution in [0, 0.1) is 11.7 Å². The highest BCUT2D eigenvalue weighted by Gasteiger charge is 2.51. The number of aliphatic hydroxyl groups excluding tert-OH is 1. The van der Waals surface area contributed by atoms with Crippen LogP contribution in [0.25, 0.3) is 0 Å². The first-order valence-electron chi connectivity index (χ1n) is 11.3. The third-order valence-corrected chi connectivity index (χ3v) is 6.50. The van der Waals surface area contributed by atoms with Crippen LogP contribution in [0.4, 0.5) is 10.1 Å². The highest BCUT2D eigenvalue weighted by molar-refractivity contribution is 6.04. The number of nitrogens with zero attached hydrogens (tertiary/aromatic N) is 1. The number of carbonyl (C=O) groups is 3. The molecule has 34 heavy (non-hydrogen) atoms. The number of piperidine rings is 1. The lowest BCUT2D eigenvalue weighted by atomic mass is 9.94. The highest BCUT2D eigenvalue weighted by Crippen LogP contribution is 2.36. The van der Waals surface area contributed by atoms with Crippen LogP contribution in [-0.4, -0.2) is 64.2 Å². The number of carbonyl (C=O) groups excluding carboxylic acids is 3. The molecule has 1 saturated carbocycles. The van der Waals surface area contributed by atoms with E-state index in [0.717, 1.165) is 18.9 Å². The van der Waals surface area contributed by atoms with E-state index in [1.54, 1.807) is 12.1 Å². The SMILES string of the molecule is CC(O)C(=O)c1c(F)cccc1N1CCC(CNC(=O)C2(NC(=O)c3cc(=O)[nH][nH]3)CC2)CC1. The van der Waals surface area contributed by atoms with Gasteiger partial charge in [0, 0.05) is 25.7 Å². The molecule has 1 aliphatic heterocycles. The van der Waals surface area contributed by atoms with Crippen LogP contribution in [0.1, 0.15) is 53.5 Å². The van der Waals surface area contributed by atoms with Crippen molar-refractivity contribution in [2.45, 2.75) is 44.2 Å². The van der Waals surface area contributed by atoms with Gasteiger partial charge in [0.25, 0.3) is 11.5 Å². The molecule has 1 aliphatic carbocycles. The van der Waals surface area contributed by atoms with Crippen LogP contribution >= 0.6 is 0 Å². The zero-order valence-electron chi connectivity index (χ0n) is 18.8. The molecule has 182 valence electrons. The summed E-state index contributed by atoms with van der Waals surface area (Å²) in [5.41, 5.74) is -0.937. The molecule has 2 aliphatic rings. The van der Waals surface area contributed by atoms with Crippen molar-refractivity contribution in [2.24, 2.45) is 5.92 Å². The largest absolute Gasteiger partial charge is 0.385 e. The Hall–Kier alpha value is -3.47. The first-order valence-corrected chi connectivity index (χ1v) is 11.3. The van der Waals surface area contributed by atoms with Gasteiger partial charge in [0.15, 0.2) is 5.78 Å². The van der Waals surface area contributed by atoms with Crippen molar-refractivity contribution in [1.29, 1.82) is 0 Å². The average molecular weight is 474 g/mol. The molecule has 1 aromatic heterocycles. The van der Waals surface area contributed by atoms with Gasteiger partial charge in [0.05, 0.1) is 11.3 Å². The van der Waals surface area contributed by atoms with Crippen molar-refractivity contribution < 1.29 is 23.9 Å². The van der Waals surface area contributed by atoms with E-state index in [1.165, 1.54) is 13.0 Å². The fraction of sp³-hybridized carbons (Fsp3) is 0.478. The molecule has 10 nitrogen and oxygen atoms in total. The van der Waals surface area contributed by atoms with Crippen LogP contribution in [0.5, 0.6) is 0 Å². The molecular weight excluding hydrogens is 445 g/mol. The lowest BCUT2D eigenvalue weighted by molar-refractivity contribution is -0.124. The average Bonchev–Trinajstić information content (AvgIpc) is 3.47. The summed E-state index contributed by atoms with van der Waals surface area (Å²) in [7, 11) is 0. The lowest BCUT2D eigenvalue weighted by Crippen LogP contribution is -2.50. The molecule has 2 amide bonds. The lowest BCUT2D eigenvalue weighted by Gasteiger charge is -2.35. The summed E-state index contributed by atoms with van der Waals surface area (Å²) in [6.07, 6.45) is 1.21. The van der Waals surface area contributed by atoms with Gasteiger partial charge in [-0.25, -0.2) is 4.39 Å². The minimum atomic E-state index is -1.30. The molecule has 2 heterocycles. The quantitative estimate of drug-likeness (QED) is 0.357. The number of Topliss-reactive ketones (excluding diaryl/α,β-unsaturated/α-hetero) is 1. The van der Waals surface area contributed by atoms with Gasteiger partial charge in [-0.15, -0.1) is 0 Å². The zero-order chi connectivity index (χ0) is 24.5. The number of benzene rings is 1. The number of ketones is 1. The molecule has 11 heteroatoms. The van der Waals surface area contributed by atoms with Gasteiger partial charge in [-0.1, -0.05) is 6.07 Å². The smallest absolute Gasteiger partial charge is 0.270 e. The van der Waals surface area contributed by atoms with Crippen LogP contribution in [0.15, 0.2) is 29.1 Å². The number of nitrogens with one attached hydrogen (secondary N) is 4. The Labute approximate surface area is 194 Å². The summed E-state index contributed by atoms with van der Waals surface area (Å²) in [5, 5.41) is 20.1. The molecule has 1 atom stereocenters. The number of aromatic nitrogens is 2. The van der Waals surface area contributed by atoms with Gasteiger partial charge in [-0.3, -0.25) is 29.4 Å². The third-order valence-electron chi connectivity index (χ3n) is 6.50. The van der Waals surface area contributed by atoms with E-state index in [4.69, 9.17) is 0 Å². The number of aromatic amines is 2. The third kappa shape index (κ3) is 4.89. The van der Waals surface area contributed by atoms with E-state index >= 15 is 0 Å². The van der Waals surface area contributed by atoms with E-state index in [9.17, 15) is 28.7 Å². The predicted molar refractivity (Wildman–Crippen MR) is 121 cm³/mol. The zero-order valence-corrected chi connectivity index (χ0v) is 18.8. The van der Waals surface area contributed by atoms with Gasteiger partial charge < -0.3 is 20.6 Å². The van der Waals surface area contributed by atoms with E-state index in [-0.39, 0.29) is 23.1 Å². The maximum absolute atomic E-state index is 14.4. The molecule has 5 N–H and O–H groups in total. The first-order chi connectivity index (χ1) is 16.2. The van der Waals surface area contributed by atoms with Gasteiger partial charge in [0.2, 0.25) is 5.91 Å². The molecule has 4 rings (SSSR count). The Bertz CT molecular complexity index is 1140. The Balaban J connectivity index is 1.30. The minimum Gasteiger partial charge on any atom is -0.385 e. The molecular formula is C23H28FN5O5. The molecule has 0 spiro atoms. The van der Waals surface area contributed by atoms with Gasteiger partial charge in [0.1, 0.15) is 23.2 Å². The van der Waals surface area contributed by atoms with Crippen LogP contribution in [0.3, 0.4) is 0 Å². The molecule has 0 radical (unpaired) electrons. The fourth-order valence-corrected chi connectivity index (χ4v) is 4.29. The van der Waals surface area contributed by atoms with Gasteiger partial charge >= 0.3 is 0 Å². The van der Waals surface area contributed by atoms with Crippen molar-refractivity contribution in [3.63, 3.8) is 0 Å². The normalized spacial score (nSPS) is 18.3. The van der Waals surface area contributed by atoms with Crippen molar-refractivity contribution in [2.75, 3.05) is 24.5 Å². The number of hydrogen-bond acceptors (Lipinski definition) is 6. The van der Waals surface area contributed by atoms with Crippen LogP contribution in [0.2, 0.25) is 0 Å². The number of amides is 2. The van der Waals surface area contributed by atoms with E-state index < -0.39 is 34.7 Å². The summed E-state index contributed by atoms with van der Waals surface area (Å²) < 4.78 is 14.4. The maximum atomic E-state index is 14.4. The molecule has 2 aromatic rings. The molecule has 1 aromatic carbocycles. The number of hydrogen-bond donors (Lipinski definition) is 5. The monoisotopic (exact) mass is 473 g/mol. The molecule has 0 bridgehead atoms. The summed E-state index contributed by atoms with van der Waals surface area (Å²) in [6.45, 7) is 2.91. The van der Waals surface area contributed by atoms with Gasteiger partial charge in [-0.2, -0.15) is 0 Å². The Morgan fingerprint density at radius 2 is 1.94 bits per heavy atom. The summed E-state index contributed by atoms with van der Waals surface area (Å²) in [5.74, 6) is -1.88. The highest BCUT2D eigenvalue weighted by atomic mass is 19.1. The number of halogens is 1. The second-order valence-electron chi connectivity index (χ2n) is 9.02. The Morgan fingerprint density at radius 1 is 1.24 bits per heavy atom. The Kier molecular flexibility index (Phi) is 6.56. The maximum Gasteiger partial charge on any atom is 0.270 e. The fourth-order valence-electron chi connectivity index (χ4n) is 4.29. The summed E-state index contributed by atoms with van der Waals surface area (Å²) >= 11 is 0. The summed E-state index contributed by atoms with van der Waals surface area (Å²) in [6, 6.07) is 5.57. The second kappa shape index (κ2) is 9.41. The second-order valence-corrected chi connectivity index (χ2v) is 9.02. The topological polar surface area (TPSA) is 147 Å². The van der Waals surface area contributed by atoms with E-state index in [1.807, 2.05) is 4.90 Å². The van der Waals surface area contributed by atoms with Gasteiger partial charge in [-0.05, 0) is 50.7 Å². The molecule has 1 saturated heterocycles. The Morgan fingerprint density at radius 3 is 2.53 bits per heavy atom. The number of anilines is 1. The first kappa shape index (κ1) is 23.7. The molecule has 1 unspecified atom stereocenters. The number of aliphatic hydroxyl groups is 1. The minimum absolute atomic E-state index is 0.0715. The van der Waals surface area contributed by atoms with Crippen molar-refractivity contribution in [3.05, 3.63) is 51.7 Å². The number of rotatable bonds is 8. The molecule has 2 fully saturated rings. The predicted octanol–water partition coefficient (Wildman–Crippen LogP) is 0.701. The standard InChI is InChI=1S/C23H28FN5O5/c1-13(30)20(32)19-15(24)3-2-4-17(19)29-9-5-14(6-10-29)12-25-22(34)23(7-8-23)26-21(33)16-11-18(31)28-27-16/h2-4,11,13-14,30H,5-10,12H2,1H3,(H,25,34)(H,26,33)(H2,27,28,31). The summed E-state index contributed by atoms with van der Waals surface area (Å²) in [4.78, 5) is 50.5. The van der Waals surface area contributed by atoms with E-state index in [0.29, 0.717) is 38.2 Å². The van der Waals surface area contributed by atoms with Crippen molar-refractivity contribution in [3.8, 4) is 0 Å².